The van der Waals surface area contributed by atoms with Crippen LogP contribution < -0.4 is 5.32 Å². The Morgan fingerprint density at radius 1 is 0.545 bits per heavy atom. The molecule has 258 valence electrons. The van der Waals surface area contributed by atoms with Crippen LogP contribution in [0.5, 0.6) is 0 Å². The number of furan rings is 1. The monoisotopic (exact) mass is 721 g/mol. The van der Waals surface area contributed by atoms with Gasteiger partial charge in [0.05, 0.1) is 33.3 Å². The van der Waals surface area contributed by atoms with E-state index in [1.54, 1.807) is 0 Å². The van der Waals surface area contributed by atoms with Gasteiger partial charge >= 0.3 is 0 Å². The van der Waals surface area contributed by atoms with Gasteiger partial charge in [-0.2, -0.15) is 0 Å². The molecule has 8 aromatic carbocycles. The number of hydrogen-bond acceptors (Lipinski definition) is 4. The third kappa shape index (κ3) is 4.60. The van der Waals surface area contributed by atoms with Crippen LogP contribution in [0.15, 0.2) is 185 Å². The summed E-state index contributed by atoms with van der Waals surface area (Å²) < 4.78 is 10.6. The van der Waals surface area contributed by atoms with Gasteiger partial charge in [0.2, 0.25) is 0 Å². The van der Waals surface area contributed by atoms with Gasteiger partial charge in [0.1, 0.15) is 11.4 Å². The minimum Gasteiger partial charge on any atom is -0.454 e. The molecule has 0 spiro atoms. The van der Waals surface area contributed by atoms with Crippen molar-refractivity contribution in [1.29, 1.82) is 0 Å². The third-order valence-electron chi connectivity index (χ3n) is 11.2. The number of hydrogen-bond donors (Lipinski definition) is 1. The molecular weight excluding hydrogens is 691 g/mol. The summed E-state index contributed by atoms with van der Waals surface area (Å²) in [6, 6.07) is 62.9. The molecule has 0 fully saturated rings. The lowest BCUT2D eigenvalue weighted by atomic mass is 9.96. The first kappa shape index (κ1) is 30.5. The number of thiophene rings is 1. The summed E-state index contributed by atoms with van der Waals surface area (Å²) >= 11 is 1.82. The fourth-order valence-corrected chi connectivity index (χ4v) is 9.93. The zero-order chi connectivity index (χ0) is 36.0. The molecule has 1 N–H and O–H groups in total. The molecule has 12 rings (SSSR count). The second-order valence-corrected chi connectivity index (χ2v) is 15.4. The summed E-state index contributed by atoms with van der Waals surface area (Å²) in [7, 11) is 0. The zero-order valence-corrected chi connectivity index (χ0v) is 30.3. The highest BCUT2D eigenvalue weighted by atomic mass is 32.1. The minimum atomic E-state index is -0.0633. The molecule has 0 amide bonds. The van der Waals surface area contributed by atoms with E-state index >= 15 is 0 Å². The Bertz CT molecular complexity index is 3370. The Morgan fingerprint density at radius 2 is 1.29 bits per heavy atom. The summed E-state index contributed by atoms with van der Waals surface area (Å²) in [5.74, 6) is 0.836. The van der Waals surface area contributed by atoms with Gasteiger partial charge in [0.25, 0.3) is 0 Å². The smallest absolute Gasteiger partial charge is 0.159 e. The molecule has 1 aliphatic rings. The number of fused-ring (bicyclic) bond motifs is 11. The fraction of sp³-hybridized carbons (Fsp3) is 0.0200. The van der Waals surface area contributed by atoms with E-state index in [2.05, 4.69) is 186 Å². The SMILES string of the molecule is c1ccc(-c2cccc(C3NC(c4ccc5c(c4)oc4c(-n6c7ccccc7c7ccc8ccccc8c76)cccc45)=Nc4c3sc3ccccc43)c2)cc1. The highest BCUT2D eigenvalue weighted by molar-refractivity contribution is 7.19. The number of aromatic nitrogens is 1. The normalized spacial score (nSPS) is 14.3. The van der Waals surface area contributed by atoms with Crippen molar-refractivity contribution in [3.8, 4) is 16.8 Å². The van der Waals surface area contributed by atoms with Gasteiger partial charge in [-0.3, -0.25) is 0 Å². The maximum atomic E-state index is 6.95. The Kier molecular flexibility index (Phi) is 6.53. The largest absolute Gasteiger partial charge is 0.454 e. The van der Waals surface area contributed by atoms with Gasteiger partial charge in [-0.25, -0.2) is 4.99 Å². The van der Waals surface area contributed by atoms with E-state index in [1.807, 2.05) is 11.3 Å². The van der Waals surface area contributed by atoms with Crippen LogP contribution >= 0.6 is 11.3 Å². The maximum Gasteiger partial charge on any atom is 0.159 e. The molecule has 11 aromatic rings. The number of nitrogens with zero attached hydrogens (tertiary/aromatic N) is 2. The van der Waals surface area contributed by atoms with Gasteiger partial charge in [0.15, 0.2) is 5.58 Å². The maximum absolute atomic E-state index is 6.95. The molecule has 0 bridgehead atoms. The molecule has 0 saturated carbocycles. The highest BCUT2D eigenvalue weighted by Gasteiger charge is 2.29. The van der Waals surface area contributed by atoms with Crippen molar-refractivity contribution in [3.63, 3.8) is 0 Å². The zero-order valence-electron chi connectivity index (χ0n) is 29.5. The predicted molar refractivity (Wildman–Crippen MR) is 230 cm³/mol. The first-order valence-corrected chi connectivity index (χ1v) is 19.5. The minimum absolute atomic E-state index is 0.0633. The van der Waals surface area contributed by atoms with E-state index in [0.717, 1.165) is 50.2 Å². The van der Waals surface area contributed by atoms with Gasteiger partial charge in [-0.15, -0.1) is 11.3 Å². The number of nitrogens with one attached hydrogen (secondary N) is 1. The molecule has 4 heterocycles. The summed E-state index contributed by atoms with van der Waals surface area (Å²) in [4.78, 5) is 6.57. The molecule has 0 aliphatic carbocycles. The van der Waals surface area contributed by atoms with Crippen molar-refractivity contribution >= 4 is 87.5 Å². The predicted octanol–water partition coefficient (Wildman–Crippen LogP) is 13.5. The quantitative estimate of drug-likeness (QED) is 0.197. The summed E-state index contributed by atoms with van der Waals surface area (Å²) in [6.07, 6.45) is 0. The number of aliphatic imine (C=N–C) groups is 1. The number of amidine groups is 1. The molecule has 1 aliphatic heterocycles. The highest BCUT2D eigenvalue weighted by Crippen LogP contribution is 2.47. The van der Waals surface area contributed by atoms with Gasteiger partial charge in [-0.05, 0) is 58.5 Å². The fourth-order valence-electron chi connectivity index (χ4n) is 8.71. The summed E-state index contributed by atoms with van der Waals surface area (Å²) in [5.41, 5.74) is 10.7. The molecule has 5 heteroatoms. The summed E-state index contributed by atoms with van der Waals surface area (Å²) in [5, 5.41) is 12.1. The first-order valence-electron chi connectivity index (χ1n) is 18.7. The van der Waals surface area contributed by atoms with Crippen molar-refractivity contribution in [2.75, 3.05) is 0 Å². The van der Waals surface area contributed by atoms with Crippen molar-refractivity contribution in [2.45, 2.75) is 6.04 Å². The van der Waals surface area contributed by atoms with Crippen LogP contribution in [0.1, 0.15) is 22.0 Å². The molecule has 0 radical (unpaired) electrons. The first-order chi connectivity index (χ1) is 27.3. The molecule has 0 saturated heterocycles. The van der Waals surface area contributed by atoms with Crippen LogP contribution in [0.25, 0.3) is 81.4 Å². The van der Waals surface area contributed by atoms with Gasteiger partial charge in [-0.1, -0.05) is 140 Å². The third-order valence-corrected chi connectivity index (χ3v) is 12.5. The van der Waals surface area contributed by atoms with Crippen molar-refractivity contribution in [1.82, 2.24) is 9.88 Å². The second-order valence-electron chi connectivity index (χ2n) is 14.3. The van der Waals surface area contributed by atoms with E-state index in [-0.39, 0.29) is 6.04 Å². The number of benzene rings is 8. The lowest BCUT2D eigenvalue weighted by Gasteiger charge is -2.26. The molecule has 3 aromatic heterocycles. The lowest BCUT2D eigenvalue weighted by molar-refractivity contribution is 0.666. The lowest BCUT2D eigenvalue weighted by Crippen LogP contribution is -2.32. The van der Waals surface area contributed by atoms with Crippen molar-refractivity contribution in [3.05, 3.63) is 192 Å². The average Bonchev–Trinajstić information content (AvgIpc) is 3.93. The average molecular weight is 722 g/mol. The Hall–Kier alpha value is -6.95. The molecular formula is C50H31N3OS. The van der Waals surface area contributed by atoms with Crippen LogP contribution in [-0.4, -0.2) is 10.4 Å². The van der Waals surface area contributed by atoms with Crippen LogP contribution in [0, 0.1) is 0 Å². The Balaban J connectivity index is 1.03. The van der Waals surface area contributed by atoms with Crippen LogP contribution in [0.4, 0.5) is 5.69 Å². The van der Waals surface area contributed by atoms with E-state index in [1.165, 1.54) is 58.7 Å². The van der Waals surface area contributed by atoms with Crippen LogP contribution in [0.2, 0.25) is 0 Å². The standard InChI is InChI=1S/C50H31N3OS/c1-2-12-30(13-3-1)32-15-10-16-33(28-32)45-49-46(40-19-7-9-23-44(40)55-49)52-50(51-45)34-25-26-37-39-20-11-22-42(48(39)54-43(37)29-34)53-41-21-8-6-18-36(41)38-27-24-31-14-4-5-17-35(31)47(38)53/h1-29,45H,(H,51,52). The van der Waals surface area contributed by atoms with Crippen LogP contribution in [0.3, 0.4) is 0 Å². The molecule has 55 heavy (non-hydrogen) atoms. The van der Waals surface area contributed by atoms with E-state index in [9.17, 15) is 0 Å². The number of rotatable bonds is 4. The second kappa shape index (κ2) is 11.8. The Morgan fingerprint density at radius 3 is 2.22 bits per heavy atom. The molecule has 1 atom stereocenters. The molecule has 1 unspecified atom stereocenters. The topological polar surface area (TPSA) is 42.5 Å². The molecule has 4 nitrogen and oxygen atoms in total. The Labute approximate surface area is 320 Å². The summed E-state index contributed by atoms with van der Waals surface area (Å²) in [6.45, 7) is 0. The number of para-hydroxylation sites is 2. The van der Waals surface area contributed by atoms with E-state index in [0.29, 0.717) is 0 Å². The van der Waals surface area contributed by atoms with Gasteiger partial charge in [0, 0.05) is 42.6 Å². The van der Waals surface area contributed by atoms with E-state index in [4.69, 9.17) is 9.41 Å². The van der Waals surface area contributed by atoms with Gasteiger partial charge < -0.3 is 14.3 Å². The van der Waals surface area contributed by atoms with E-state index < -0.39 is 0 Å². The van der Waals surface area contributed by atoms with Crippen LogP contribution in [-0.2, 0) is 0 Å². The van der Waals surface area contributed by atoms with Crippen molar-refractivity contribution < 1.29 is 4.42 Å². The van der Waals surface area contributed by atoms with Crippen molar-refractivity contribution in [2.24, 2.45) is 4.99 Å².